The second kappa shape index (κ2) is 5.88. The first-order chi connectivity index (χ1) is 9.47. The van der Waals surface area contributed by atoms with Crippen molar-refractivity contribution in [2.45, 2.75) is 19.9 Å². The summed E-state index contributed by atoms with van der Waals surface area (Å²) in [6.45, 7) is 3.65. The highest BCUT2D eigenvalue weighted by atomic mass is 35.5. The van der Waals surface area contributed by atoms with Crippen LogP contribution in [0.5, 0.6) is 0 Å². The van der Waals surface area contributed by atoms with Crippen molar-refractivity contribution in [1.29, 1.82) is 0 Å². The first-order valence-corrected chi connectivity index (χ1v) is 6.52. The van der Waals surface area contributed by atoms with Crippen molar-refractivity contribution in [3.8, 4) is 0 Å². The summed E-state index contributed by atoms with van der Waals surface area (Å²) in [5.41, 5.74) is 0.518. The van der Waals surface area contributed by atoms with Gasteiger partial charge in [-0.2, -0.15) is 5.10 Å². The summed E-state index contributed by atoms with van der Waals surface area (Å²) in [5, 5.41) is 7.26. The molecule has 0 radical (unpaired) electrons. The third kappa shape index (κ3) is 3.24. The minimum Gasteiger partial charge on any atom is -0.321 e. The zero-order chi connectivity index (χ0) is 14.7. The fourth-order valence-corrected chi connectivity index (χ4v) is 1.87. The number of nitrogens with one attached hydrogen (secondary N) is 1. The Morgan fingerprint density at radius 2 is 2.05 bits per heavy atom. The molecule has 0 fully saturated rings. The average Bonchev–Trinajstić information content (AvgIpc) is 2.38. The summed E-state index contributed by atoms with van der Waals surface area (Å²) < 4.78 is 1.27. The summed E-state index contributed by atoms with van der Waals surface area (Å²) in [4.78, 5) is 23.7. The molecule has 2 rings (SSSR count). The molecule has 0 unspecified atom stereocenters. The quantitative estimate of drug-likeness (QED) is 0.945. The number of aromatic nitrogens is 2. The molecule has 20 heavy (non-hydrogen) atoms. The van der Waals surface area contributed by atoms with Crippen LogP contribution in [0, 0.1) is 0 Å². The molecule has 1 aromatic carbocycles. The summed E-state index contributed by atoms with van der Waals surface area (Å²) in [7, 11) is 0. The van der Waals surface area contributed by atoms with Gasteiger partial charge in [-0.15, -0.1) is 0 Å². The van der Waals surface area contributed by atoms with Crippen LogP contribution in [0.1, 0.15) is 30.4 Å². The third-order valence-electron chi connectivity index (χ3n) is 2.63. The van der Waals surface area contributed by atoms with Crippen molar-refractivity contribution in [1.82, 2.24) is 9.78 Å². The van der Waals surface area contributed by atoms with Gasteiger partial charge in [-0.05, 0) is 38.1 Å². The van der Waals surface area contributed by atoms with Gasteiger partial charge in [0.25, 0.3) is 11.5 Å². The van der Waals surface area contributed by atoms with Gasteiger partial charge in [0.1, 0.15) is 5.69 Å². The Balaban J connectivity index is 2.26. The van der Waals surface area contributed by atoms with Gasteiger partial charge < -0.3 is 5.32 Å². The molecule has 1 amide bonds. The highest BCUT2D eigenvalue weighted by Gasteiger charge is 2.11. The fourth-order valence-electron chi connectivity index (χ4n) is 1.68. The van der Waals surface area contributed by atoms with Crippen molar-refractivity contribution in [2.75, 3.05) is 5.32 Å². The summed E-state index contributed by atoms with van der Waals surface area (Å²) in [6.07, 6.45) is 0. The Bertz CT molecular complexity index is 695. The van der Waals surface area contributed by atoms with Gasteiger partial charge in [0.05, 0.1) is 6.04 Å². The Morgan fingerprint density at radius 3 is 2.70 bits per heavy atom. The van der Waals surface area contributed by atoms with E-state index in [-0.39, 0.29) is 23.2 Å². The SMILES string of the molecule is CC(C)n1nc(C(=O)Nc2cccc(Cl)c2)ccc1=O. The summed E-state index contributed by atoms with van der Waals surface area (Å²) in [6, 6.07) is 9.44. The molecule has 1 heterocycles. The molecule has 0 aliphatic heterocycles. The van der Waals surface area contributed by atoms with Crippen molar-refractivity contribution >= 4 is 23.2 Å². The zero-order valence-corrected chi connectivity index (χ0v) is 11.9. The molecular weight excluding hydrogens is 278 g/mol. The molecule has 0 spiro atoms. The monoisotopic (exact) mass is 291 g/mol. The maximum Gasteiger partial charge on any atom is 0.276 e. The maximum atomic E-state index is 12.1. The number of anilines is 1. The van der Waals surface area contributed by atoms with Crippen molar-refractivity contribution in [2.24, 2.45) is 0 Å². The van der Waals surface area contributed by atoms with E-state index in [1.807, 2.05) is 13.8 Å². The topological polar surface area (TPSA) is 64.0 Å². The molecular formula is C14H14ClN3O2. The summed E-state index contributed by atoms with van der Waals surface area (Å²) >= 11 is 5.85. The van der Waals surface area contributed by atoms with Gasteiger partial charge in [-0.25, -0.2) is 4.68 Å². The zero-order valence-electron chi connectivity index (χ0n) is 11.1. The van der Waals surface area contributed by atoms with Crippen molar-refractivity contribution < 1.29 is 4.79 Å². The molecule has 5 nitrogen and oxygen atoms in total. The number of halogens is 1. The molecule has 0 aliphatic rings. The number of nitrogens with zero attached hydrogens (tertiary/aromatic N) is 2. The van der Waals surface area contributed by atoms with Crippen molar-refractivity contribution in [3.63, 3.8) is 0 Å². The van der Waals surface area contributed by atoms with Gasteiger partial charge in [0.15, 0.2) is 0 Å². The Morgan fingerprint density at radius 1 is 1.30 bits per heavy atom. The third-order valence-corrected chi connectivity index (χ3v) is 2.86. The normalized spacial score (nSPS) is 10.6. The van der Waals surface area contributed by atoms with Crippen LogP contribution >= 0.6 is 11.6 Å². The van der Waals surface area contributed by atoms with E-state index in [9.17, 15) is 9.59 Å². The Hall–Kier alpha value is -2.14. The minimum absolute atomic E-state index is 0.110. The average molecular weight is 292 g/mol. The Kier molecular flexibility index (Phi) is 4.20. The molecule has 6 heteroatoms. The van der Waals surface area contributed by atoms with Crippen LogP contribution < -0.4 is 10.9 Å². The van der Waals surface area contributed by atoms with Crippen LogP contribution in [0.3, 0.4) is 0 Å². The number of benzene rings is 1. The van der Waals surface area contributed by atoms with Gasteiger partial charge >= 0.3 is 0 Å². The van der Waals surface area contributed by atoms with E-state index in [2.05, 4.69) is 10.4 Å². The first kappa shape index (κ1) is 14.3. The van der Waals surface area contributed by atoms with Crippen LogP contribution in [-0.2, 0) is 0 Å². The van der Waals surface area contributed by atoms with Crippen LogP contribution in [-0.4, -0.2) is 15.7 Å². The predicted octanol–water partition coefficient (Wildman–Crippen LogP) is 2.73. The second-order valence-corrected chi connectivity index (χ2v) is 5.00. The number of carbonyl (C=O) groups excluding carboxylic acids is 1. The second-order valence-electron chi connectivity index (χ2n) is 4.56. The molecule has 1 aromatic heterocycles. The van der Waals surface area contributed by atoms with Gasteiger partial charge in [0, 0.05) is 16.8 Å². The smallest absolute Gasteiger partial charge is 0.276 e. The van der Waals surface area contributed by atoms with Crippen LogP contribution in [0.4, 0.5) is 5.69 Å². The number of rotatable bonds is 3. The number of amides is 1. The van der Waals surface area contributed by atoms with E-state index in [0.717, 1.165) is 0 Å². The standard InChI is InChI=1S/C14H14ClN3O2/c1-9(2)18-13(19)7-6-12(17-18)14(20)16-11-5-3-4-10(15)8-11/h3-9H,1-2H3,(H,16,20). The molecule has 104 valence electrons. The van der Waals surface area contributed by atoms with E-state index in [4.69, 9.17) is 11.6 Å². The number of carbonyl (C=O) groups is 1. The molecule has 0 atom stereocenters. The highest BCUT2D eigenvalue weighted by molar-refractivity contribution is 6.30. The van der Waals surface area contributed by atoms with Gasteiger partial charge in [-0.3, -0.25) is 9.59 Å². The molecule has 1 N–H and O–H groups in total. The number of hydrogen-bond donors (Lipinski definition) is 1. The largest absolute Gasteiger partial charge is 0.321 e. The lowest BCUT2D eigenvalue weighted by Crippen LogP contribution is -2.27. The lowest BCUT2D eigenvalue weighted by molar-refractivity contribution is 0.101. The van der Waals surface area contributed by atoms with Gasteiger partial charge in [0.2, 0.25) is 0 Å². The first-order valence-electron chi connectivity index (χ1n) is 6.14. The van der Waals surface area contributed by atoms with E-state index in [1.54, 1.807) is 24.3 Å². The van der Waals surface area contributed by atoms with E-state index < -0.39 is 0 Å². The van der Waals surface area contributed by atoms with Crippen LogP contribution in [0.25, 0.3) is 0 Å². The molecule has 0 aliphatic carbocycles. The molecule has 0 bridgehead atoms. The maximum absolute atomic E-state index is 12.1. The highest BCUT2D eigenvalue weighted by Crippen LogP contribution is 2.15. The minimum atomic E-state index is -0.387. The van der Waals surface area contributed by atoms with Gasteiger partial charge in [-0.1, -0.05) is 17.7 Å². The lowest BCUT2D eigenvalue weighted by atomic mass is 10.3. The molecule has 0 saturated carbocycles. The molecule has 2 aromatic rings. The lowest BCUT2D eigenvalue weighted by Gasteiger charge is -2.10. The Labute approximate surface area is 121 Å². The van der Waals surface area contributed by atoms with E-state index in [1.165, 1.54) is 16.8 Å². The molecule has 0 saturated heterocycles. The number of hydrogen-bond acceptors (Lipinski definition) is 3. The fraction of sp³-hybridized carbons (Fsp3) is 0.214. The van der Waals surface area contributed by atoms with E-state index >= 15 is 0 Å². The predicted molar refractivity (Wildman–Crippen MR) is 78.3 cm³/mol. The van der Waals surface area contributed by atoms with E-state index in [0.29, 0.717) is 10.7 Å². The summed E-state index contributed by atoms with van der Waals surface area (Å²) in [5.74, 6) is -0.387. The van der Waals surface area contributed by atoms with Crippen LogP contribution in [0.2, 0.25) is 5.02 Å². The van der Waals surface area contributed by atoms with Crippen molar-refractivity contribution in [3.05, 3.63) is 57.5 Å². The van der Waals surface area contributed by atoms with Crippen LogP contribution in [0.15, 0.2) is 41.2 Å².